The van der Waals surface area contributed by atoms with Crippen LogP contribution in [0.5, 0.6) is 0 Å². The smallest absolute Gasteiger partial charge is 0.741 e. The number of halogens is 12. The molecule has 10 heterocycles. The molecule has 10 aromatic heterocycles. The van der Waals surface area contributed by atoms with Gasteiger partial charge in [-0.2, -0.15) is 52.7 Å². The van der Waals surface area contributed by atoms with Crippen LogP contribution < -0.4 is 0 Å². The first-order valence-corrected chi connectivity index (χ1v) is 33.0. The summed E-state index contributed by atoms with van der Waals surface area (Å²) in [6.45, 7) is 8.41. The summed E-state index contributed by atoms with van der Waals surface area (Å²) in [4.78, 5) is 56.6. The van der Waals surface area contributed by atoms with Crippen LogP contribution in [0.15, 0.2) is 220 Å². The first-order chi connectivity index (χ1) is 46.3. The Morgan fingerprint density at radius 3 is 0.536 bits per heavy atom. The van der Waals surface area contributed by atoms with Crippen molar-refractivity contribution in [3.63, 3.8) is 0 Å². The molecule has 2 atom stereocenters. The number of hydrogen-bond donors (Lipinski definition) is 0. The summed E-state index contributed by atoms with van der Waals surface area (Å²) in [7, 11) is -24.4. The van der Waals surface area contributed by atoms with Crippen LogP contribution in [-0.4, -0.2) is 167 Å². The summed E-state index contributed by atoms with van der Waals surface area (Å²) in [6.07, 6.45) is 21.1. The quantitative estimate of drug-likeness (QED) is 0.0557. The molecule has 0 saturated carbocycles. The molecular weight excluding hydrogens is 1700 g/mol. The maximum Gasteiger partial charge on any atom is 2.00 e. The van der Waals surface area contributed by atoms with Crippen LogP contribution in [0, 0.1) is 0 Å². The van der Waals surface area contributed by atoms with Gasteiger partial charge in [0, 0.05) is 93.8 Å². The number of nitrogens with zero attached hydrogens (tertiary/aromatic N) is 12. The summed E-state index contributed by atoms with van der Waals surface area (Å²) >= 11 is 0. The zero-order chi connectivity index (χ0) is 74.9. The van der Waals surface area contributed by atoms with Gasteiger partial charge in [0.15, 0.2) is 40.5 Å². The molecule has 0 aliphatic carbocycles. The Morgan fingerprint density at radius 2 is 0.409 bits per heavy atom. The molecule has 0 saturated heterocycles. The van der Waals surface area contributed by atoms with E-state index in [2.05, 4.69) is 57.6 Å². The van der Waals surface area contributed by atoms with Crippen molar-refractivity contribution in [2.24, 2.45) is 0 Å². The number of hydrogen-bond acceptors (Lipinski definition) is 24. The molecule has 0 bridgehead atoms. The van der Waals surface area contributed by atoms with Gasteiger partial charge in [-0.15, -0.1) is 0 Å². The van der Waals surface area contributed by atoms with Crippen LogP contribution in [0.1, 0.15) is 97.4 Å². The van der Waals surface area contributed by atoms with Crippen LogP contribution in [0.25, 0.3) is 0 Å². The third-order valence-corrected chi connectivity index (χ3v) is 16.2. The Labute approximate surface area is 645 Å². The first-order valence-electron chi connectivity index (χ1n) is 27.3. The fraction of sp³-hybridized carbons (Fsp3) is 0.200. The van der Waals surface area contributed by atoms with Gasteiger partial charge in [-0.3, -0.25) is 59.8 Å². The maximum absolute atomic E-state index is 10.7. The van der Waals surface area contributed by atoms with Crippen molar-refractivity contribution in [1.82, 2.24) is 59.8 Å². The van der Waals surface area contributed by atoms with Crippen molar-refractivity contribution < 1.29 is 189 Å². The maximum atomic E-state index is 10.7. The zero-order valence-corrected chi connectivity index (χ0v) is 66.0. The second kappa shape index (κ2) is 45.4. The van der Waals surface area contributed by atoms with Crippen molar-refractivity contribution in [2.75, 3.05) is 0 Å². The van der Waals surface area contributed by atoms with Gasteiger partial charge >= 0.3 is 42.9 Å². The van der Waals surface area contributed by atoms with Gasteiger partial charge in [-0.05, 0) is 125 Å². The van der Waals surface area contributed by atoms with Gasteiger partial charge in [-0.1, -0.05) is 48.5 Å². The fourth-order valence-electron chi connectivity index (χ4n) is 8.62. The average Bonchev–Trinajstić information content (AvgIpc) is 0.750. The second-order valence-corrected chi connectivity index (χ2v) is 25.9. The van der Waals surface area contributed by atoms with Crippen LogP contribution in [0.3, 0.4) is 0 Å². The largest absolute Gasteiger partial charge is 2.00 e. The van der Waals surface area contributed by atoms with Gasteiger partial charge in [0.05, 0.1) is 90.0 Å². The number of rotatable bonds is 12. The number of pyridine rings is 8. The van der Waals surface area contributed by atoms with E-state index in [4.69, 9.17) is 81.8 Å². The second-order valence-electron chi connectivity index (χ2n) is 20.4. The van der Waals surface area contributed by atoms with E-state index in [1.54, 1.807) is 74.4 Å². The number of alkyl halides is 12. The summed E-state index contributed by atoms with van der Waals surface area (Å²) in [6, 6.07) is 47.6. The minimum atomic E-state index is -6.09. The Morgan fingerprint density at radius 1 is 0.264 bits per heavy atom. The van der Waals surface area contributed by atoms with E-state index in [0.29, 0.717) is 0 Å². The van der Waals surface area contributed by atoms with E-state index in [-0.39, 0.29) is 84.2 Å². The van der Waals surface area contributed by atoms with Gasteiger partial charge in [0.1, 0.15) is 0 Å². The SMILES string of the molecule is CC(c1ccccn1)(c1ccccn1)c1cccc([C@@](C)(c2ccccn2)c2cnccn2)n1.CC(c1ccccn1)(c1ccccn1)c1cccc([C@](C)(c2ccccn2)c2cnccn2)n1.O.O.O.O.O.O.O=S(=O)([O-])C(F)(F)F.O=S(=O)([O-])C(F)(F)F.O=S(=O)([O-])C(F)(F)F.O=S(=O)([O-])C(F)(F)F.[H+].[OH3+].[OH3+].[Zn+2].[Zn]. The third kappa shape index (κ3) is 28.4. The predicted octanol–water partition coefficient (Wildman–Crippen LogP) is 3.05. The molecule has 0 aliphatic rings. The van der Waals surface area contributed by atoms with Gasteiger partial charge in [0.25, 0.3) is 0 Å². The third-order valence-electron chi connectivity index (χ3n) is 13.9. The molecule has 50 heteroatoms. The fourth-order valence-corrected chi connectivity index (χ4v) is 8.62. The molecule has 0 spiro atoms. The van der Waals surface area contributed by atoms with E-state index in [1.807, 2.05) is 146 Å². The molecule has 0 radical (unpaired) electrons. The van der Waals surface area contributed by atoms with Gasteiger partial charge in [-0.25, -0.2) is 33.7 Å². The van der Waals surface area contributed by atoms with Crippen LogP contribution >= 0.6 is 0 Å². The van der Waals surface area contributed by atoms with E-state index in [0.717, 1.165) is 68.3 Å². The Hall–Kier alpha value is -8.91. The molecule has 10 aromatic rings. The number of aromatic nitrogens is 12. The minimum absolute atomic E-state index is 0. The molecule has 0 unspecified atom stereocenters. The molecule has 0 amide bonds. The molecule has 18 N–H and O–H groups in total. The molecule has 0 aromatic carbocycles. The van der Waals surface area contributed by atoms with Gasteiger partial charge < -0.3 is 62.0 Å². The summed E-state index contributed by atoms with van der Waals surface area (Å²) in [5.41, 5.74) is -15.3. The molecule has 0 fully saturated rings. The van der Waals surface area contributed by atoms with E-state index in [1.165, 1.54) is 0 Å². The van der Waals surface area contributed by atoms with Crippen molar-refractivity contribution >= 4 is 40.5 Å². The molecule has 10 rings (SSSR count). The first kappa shape index (κ1) is 112. The molecule has 598 valence electrons. The van der Waals surface area contributed by atoms with Crippen molar-refractivity contribution in [2.45, 2.75) is 71.4 Å². The average molecular weight is 1760 g/mol. The summed E-state index contributed by atoms with van der Waals surface area (Å²) in [5, 5.41) is 0. The Bertz CT molecular complexity index is 4020. The summed E-state index contributed by atoms with van der Waals surface area (Å²) < 4.78 is 236. The molecule has 110 heavy (non-hydrogen) atoms. The molecule has 0 aliphatic heterocycles. The molecular formula is C60H67F12N12O20S4Zn2+. The summed E-state index contributed by atoms with van der Waals surface area (Å²) in [5.74, 6) is 0. The van der Waals surface area contributed by atoms with E-state index in [9.17, 15) is 52.7 Å². The Kier molecular flexibility index (Phi) is 46.2. The monoisotopic (exact) mass is 1760 g/mol. The van der Waals surface area contributed by atoms with Crippen LogP contribution in [0.2, 0.25) is 0 Å². The normalized spacial score (nSPS) is 12.3. The Balaban J connectivity index is -0.000000262. The standard InChI is InChI=1S/2C28H24N6.4CHF3O3S.8H2O.2Zn/c2*1-27(21-10-3-6-15-30-21,22-11-4-7-16-31-22)24-13-9-14-25(34-24)28(2,23-12-5-8-17-32-23)26-20-29-18-19-33-26;4*2-1(3,4)8(5,6)7;;;;;;;;;;/h2*3-20H,1-2H3;4*(H,5,6,7);8*1H2;;/q;;;;;;;;;;;;;;;+2/p-1/t2*28-;;;;;;;;;;;;;;/m10............../s1. The van der Waals surface area contributed by atoms with E-state index < -0.39 is 84.2 Å². The molecule has 32 nitrogen and oxygen atoms in total. The van der Waals surface area contributed by atoms with Crippen molar-refractivity contribution in [3.05, 3.63) is 288 Å². The van der Waals surface area contributed by atoms with Crippen molar-refractivity contribution in [1.29, 1.82) is 0 Å². The van der Waals surface area contributed by atoms with Gasteiger partial charge in [0.2, 0.25) is 0 Å². The van der Waals surface area contributed by atoms with Crippen LogP contribution in [-0.2, 0) is 112 Å². The van der Waals surface area contributed by atoms with Crippen LogP contribution in [0.4, 0.5) is 52.7 Å². The predicted molar refractivity (Wildman–Crippen MR) is 356 cm³/mol. The minimum Gasteiger partial charge on any atom is -0.741 e. The van der Waals surface area contributed by atoms with E-state index >= 15 is 0 Å². The zero-order valence-electron chi connectivity index (χ0n) is 57.8. The topological polar surface area (TPSA) is 638 Å². The van der Waals surface area contributed by atoms with Crippen molar-refractivity contribution in [3.8, 4) is 0 Å².